The summed E-state index contributed by atoms with van der Waals surface area (Å²) in [6.45, 7) is 0.417. The number of aryl methyl sites for hydroxylation is 1. The second-order valence-electron chi connectivity index (χ2n) is 3.79. The van der Waals surface area contributed by atoms with Gasteiger partial charge in [0.15, 0.2) is 4.77 Å². The zero-order valence-corrected chi connectivity index (χ0v) is 11.2. The van der Waals surface area contributed by atoms with Gasteiger partial charge in [-0.2, -0.15) is 0 Å². The van der Waals surface area contributed by atoms with Crippen molar-refractivity contribution in [3.8, 4) is 0 Å². The molecule has 0 unspecified atom stereocenters. The quantitative estimate of drug-likeness (QED) is 0.853. The number of benzene rings is 1. The number of aromatic nitrogens is 2. The monoisotopic (exact) mass is 287 g/mol. The van der Waals surface area contributed by atoms with Crippen molar-refractivity contribution in [2.24, 2.45) is 0 Å². The Balaban J connectivity index is 2.44. The molecule has 96 valence electrons. The van der Waals surface area contributed by atoms with Crippen molar-refractivity contribution in [3.63, 3.8) is 0 Å². The van der Waals surface area contributed by atoms with E-state index in [1.54, 1.807) is 11.6 Å². The van der Waals surface area contributed by atoms with E-state index in [2.05, 4.69) is 10.3 Å². The minimum Gasteiger partial charge on any atom is -0.359 e. The highest BCUT2D eigenvalue weighted by Gasteiger charge is 2.09. The van der Waals surface area contributed by atoms with Crippen LogP contribution in [0.2, 0.25) is 5.02 Å². The van der Waals surface area contributed by atoms with Gasteiger partial charge in [0, 0.05) is 26.1 Å². The first-order valence-electron chi connectivity index (χ1n) is 5.31. The van der Waals surface area contributed by atoms with Gasteiger partial charge in [0.2, 0.25) is 5.91 Å². The molecule has 0 saturated carbocycles. The van der Waals surface area contributed by atoms with Crippen LogP contribution in [0.3, 0.4) is 0 Å². The Morgan fingerprint density at radius 2 is 2.33 bits per heavy atom. The van der Waals surface area contributed by atoms with Crippen LogP contribution < -0.4 is 5.32 Å². The highest BCUT2D eigenvalue weighted by Crippen LogP contribution is 2.22. The molecule has 2 N–H and O–H groups in total. The van der Waals surface area contributed by atoms with E-state index >= 15 is 0 Å². The molecule has 1 aromatic carbocycles. The molecule has 4 nitrogen and oxygen atoms in total. The van der Waals surface area contributed by atoms with Gasteiger partial charge in [-0.25, -0.2) is 4.39 Å². The molecule has 7 heteroatoms. The summed E-state index contributed by atoms with van der Waals surface area (Å²) in [5, 5.41) is 2.57. The molecule has 0 radical (unpaired) electrons. The third-order valence-corrected chi connectivity index (χ3v) is 3.27. The number of H-pyrrole nitrogens is 1. The number of nitrogens with one attached hydrogen (secondary N) is 2. The van der Waals surface area contributed by atoms with E-state index in [0.29, 0.717) is 28.8 Å². The number of hydrogen-bond donors (Lipinski definition) is 2. The lowest BCUT2D eigenvalue weighted by atomic mass is 10.3. The van der Waals surface area contributed by atoms with E-state index in [-0.39, 0.29) is 10.9 Å². The molecule has 0 aliphatic heterocycles. The number of amides is 1. The first-order valence-corrected chi connectivity index (χ1v) is 6.09. The molecular weight excluding hydrogens is 277 g/mol. The molecular formula is C11H11ClFN3OS. The van der Waals surface area contributed by atoms with Gasteiger partial charge in [-0.05, 0) is 18.3 Å². The van der Waals surface area contributed by atoms with E-state index < -0.39 is 5.82 Å². The summed E-state index contributed by atoms with van der Waals surface area (Å²) in [6.07, 6.45) is 0.298. The number of halogens is 2. The van der Waals surface area contributed by atoms with Gasteiger partial charge < -0.3 is 14.9 Å². The lowest BCUT2D eigenvalue weighted by Gasteiger charge is -2.04. The molecule has 0 atom stereocenters. The lowest BCUT2D eigenvalue weighted by molar-refractivity contribution is -0.120. The Morgan fingerprint density at radius 3 is 3.00 bits per heavy atom. The van der Waals surface area contributed by atoms with E-state index in [1.165, 1.54) is 12.1 Å². The fraction of sp³-hybridized carbons (Fsp3) is 0.273. The van der Waals surface area contributed by atoms with Crippen molar-refractivity contribution >= 4 is 40.8 Å². The number of imidazole rings is 1. The van der Waals surface area contributed by atoms with Gasteiger partial charge in [-0.15, -0.1) is 0 Å². The minimum atomic E-state index is -0.501. The highest BCUT2D eigenvalue weighted by molar-refractivity contribution is 7.71. The smallest absolute Gasteiger partial charge is 0.221 e. The molecule has 1 heterocycles. The normalized spacial score (nSPS) is 10.8. The number of carbonyl (C=O) groups excluding carboxylic acids is 1. The third-order valence-electron chi connectivity index (χ3n) is 2.66. The summed E-state index contributed by atoms with van der Waals surface area (Å²) in [5.41, 5.74) is 1.26. The summed E-state index contributed by atoms with van der Waals surface area (Å²) < 4.78 is 15.5. The molecule has 0 aliphatic carbocycles. The van der Waals surface area contributed by atoms with Crippen LogP contribution in [-0.4, -0.2) is 22.5 Å². The number of nitrogens with zero attached hydrogens (tertiary/aromatic N) is 1. The van der Waals surface area contributed by atoms with Gasteiger partial charge in [0.05, 0.1) is 16.1 Å². The zero-order valence-electron chi connectivity index (χ0n) is 9.59. The summed E-state index contributed by atoms with van der Waals surface area (Å²) in [7, 11) is 1.57. The van der Waals surface area contributed by atoms with Gasteiger partial charge in [-0.1, -0.05) is 11.6 Å². The maximum atomic E-state index is 13.3. The van der Waals surface area contributed by atoms with Crippen molar-refractivity contribution < 1.29 is 9.18 Å². The zero-order chi connectivity index (χ0) is 13.3. The Hall–Kier alpha value is -1.40. The molecule has 0 bridgehead atoms. The lowest BCUT2D eigenvalue weighted by Crippen LogP contribution is -2.19. The van der Waals surface area contributed by atoms with Crippen LogP contribution in [0.15, 0.2) is 12.1 Å². The summed E-state index contributed by atoms with van der Waals surface area (Å²) in [6, 6.07) is 2.80. The van der Waals surface area contributed by atoms with Crippen molar-refractivity contribution in [1.82, 2.24) is 14.9 Å². The van der Waals surface area contributed by atoms with Gasteiger partial charge in [-0.3, -0.25) is 4.79 Å². The van der Waals surface area contributed by atoms with Crippen LogP contribution in [0.5, 0.6) is 0 Å². The summed E-state index contributed by atoms with van der Waals surface area (Å²) >= 11 is 10.9. The Labute approximate surface area is 113 Å². The van der Waals surface area contributed by atoms with Crippen LogP contribution in [0, 0.1) is 10.6 Å². The SMILES string of the molecule is CNC(=O)CCn1c(=S)[nH]c2cc(F)c(Cl)cc21. The standard InChI is InChI=1S/C11H11ClFN3OS/c1-14-10(17)2-3-16-9-4-6(12)7(13)5-8(9)15-11(16)18/h4-5H,2-3H2,1H3,(H,14,17)(H,15,18). The Bertz CT molecular complexity index is 664. The topological polar surface area (TPSA) is 49.8 Å². The maximum absolute atomic E-state index is 13.3. The molecule has 2 aromatic rings. The van der Waals surface area contributed by atoms with Crippen molar-refractivity contribution in [2.75, 3.05) is 7.05 Å². The molecule has 1 aromatic heterocycles. The molecule has 0 spiro atoms. The molecule has 18 heavy (non-hydrogen) atoms. The predicted molar refractivity (Wildman–Crippen MR) is 70.8 cm³/mol. The molecule has 0 saturated heterocycles. The van der Waals surface area contributed by atoms with E-state index in [4.69, 9.17) is 23.8 Å². The van der Waals surface area contributed by atoms with Crippen molar-refractivity contribution in [3.05, 3.63) is 27.7 Å². The molecule has 2 rings (SSSR count). The van der Waals surface area contributed by atoms with Crippen LogP contribution in [0.1, 0.15) is 6.42 Å². The van der Waals surface area contributed by atoms with Crippen LogP contribution >= 0.6 is 23.8 Å². The maximum Gasteiger partial charge on any atom is 0.221 e. The molecule has 0 aliphatic rings. The minimum absolute atomic E-state index is 0.0326. The average Bonchev–Trinajstić information content (AvgIpc) is 2.62. The summed E-state index contributed by atoms with van der Waals surface area (Å²) in [5.74, 6) is -0.585. The Kier molecular flexibility index (Phi) is 3.68. The van der Waals surface area contributed by atoms with Crippen LogP contribution in [0.25, 0.3) is 11.0 Å². The molecule has 0 fully saturated rings. The van der Waals surface area contributed by atoms with E-state index in [9.17, 15) is 9.18 Å². The van der Waals surface area contributed by atoms with Crippen LogP contribution in [-0.2, 0) is 11.3 Å². The highest BCUT2D eigenvalue weighted by atomic mass is 35.5. The van der Waals surface area contributed by atoms with Crippen LogP contribution in [0.4, 0.5) is 4.39 Å². The first kappa shape index (κ1) is 13.0. The fourth-order valence-corrected chi connectivity index (χ4v) is 2.17. The number of carbonyl (C=O) groups is 1. The fourth-order valence-electron chi connectivity index (χ4n) is 1.71. The van der Waals surface area contributed by atoms with Gasteiger partial charge >= 0.3 is 0 Å². The molecule has 1 amide bonds. The number of aromatic amines is 1. The van der Waals surface area contributed by atoms with Gasteiger partial charge in [0.25, 0.3) is 0 Å². The first-order chi connectivity index (χ1) is 8.52. The van der Waals surface area contributed by atoms with E-state index in [0.717, 1.165) is 0 Å². The van der Waals surface area contributed by atoms with Gasteiger partial charge in [0.1, 0.15) is 5.82 Å². The second-order valence-corrected chi connectivity index (χ2v) is 4.58. The average molecular weight is 288 g/mol. The Morgan fingerprint density at radius 1 is 1.61 bits per heavy atom. The summed E-state index contributed by atoms with van der Waals surface area (Å²) in [4.78, 5) is 14.1. The van der Waals surface area contributed by atoms with Crippen molar-refractivity contribution in [1.29, 1.82) is 0 Å². The van der Waals surface area contributed by atoms with E-state index in [1.807, 2.05) is 0 Å². The third kappa shape index (κ3) is 2.39. The second kappa shape index (κ2) is 5.07. The number of rotatable bonds is 3. The van der Waals surface area contributed by atoms with Crippen molar-refractivity contribution in [2.45, 2.75) is 13.0 Å². The number of hydrogen-bond acceptors (Lipinski definition) is 2. The number of fused-ring (bicyclic) bond motifs is 1. The largest absolute Gasteiger partial charge is 0.359 e. The predicted octanol–water partition coefficient (Wildman–Crippen LogP) is 2.63.